The maximum absolute atomic E-state index is 13.0. The van der Waals surface area contributed by atoms with Gasteiger partial charge in [0.05, 0.1) is 22.6 Å². The van der Waals surface area contributed by atoms with Crippen molar-refractivity contribution >= 4 is 17.6 Å². The summed E-state index contributed by atoms with van der Waals surface area (Å²) in [5.41, 5.74) is -0.428. The first-order valence-electron chi connectivity index (χ1n) is 10.9. The average Bonchev–Trinajstić information content (AvgIpc) is 3.55. The zero-order valence-electron chi connectivity index (χ0n) is 18.4. The SMILES string of the molecule is CCC(CC(C)C)(C(=O)O)c1cc(OCC2CC2)c(Cl)c(-c2ccc(C(F)(F)F)cc2)c1. The number of alkyl halides is 3. The molecule has 0 bridgehead atoms. The number of rotatable bonds is 9. The van der Waals surface area contributed by atoms with E-state index in [9.17, 15) is 23.1 Å². The first-order chi connectivity index (χ1) is 15.0. The smallest absolute Gasteiger partial charge is 0.416 e. The molecule has 174 valence electrons. The molecule has 32 heavy (non-hydrogen) atoms. The van der Waals surface area contributed by atoms with Crippen molar-refractivity contribution in [1.29, 1.82) is 0 Å². The Morgan fingerprint density at radius 1 is 1.16 bits per heavy atom. The van der Waals surface area contributed by atoms with Gasteiger partial charge in [0.2, 0.25) is 0 Å². The molecule has 1 fully saturated rings. The number of carboxylic acids is 1. The Balaban J connectivity index is 2.15. The Kier molecular flexibility index (Phi) is 7.13. The number of ether oxygens (including phenoxy) is 1. The van der Waals surface area contributed by atoms with E-state index in [2.05, 4.69) is 0 Å². The highest BCUT2D eigenvalue weighted by molar-refractivity contribution is 6.34. The molecular weight excluding hydrogens is 441 g/mol. The van der Waals surface area contributed by atoms with Crippen molar-refractivity contribution in [3.8, 4) is 16.9 Å². The second-order valence-corrected chi connectivity index (χ2v) is 9.38. The van der Waals surface area contributed by atoms with Gasteiger partial charge in [-0.1, -0.05) is 44.5 Å². The summed E-state index contributed by atoms with van der Waals surface area (Å²) in [6, 6.07) is 8.10. The van der Waals surface area contributed by atoms with Crippen LogP contribution in [0.25, 0.3) is 11.1 Å². The standard InChI is InChI=1S/C25H28ClF3O3/c1-4-24(23(30)31,13-15(2)3)19-11-20(17-7-9-18(10-8-17)25(27,28)29)22(26)21(12-19)32-14-16-5-6-16/h7-12,15-16H,4-6,13-14H2,1-3H3,(H,30,31). The normalized spacial score (nSPS) is 16.1. The minimum atomic E-state index is -4.44. The van der Waals surface area contributed by atoms with Crippen LogP contribution >= 0.6 is 11.6 Å². The Morgan fingerprint density at radius 3 is 2.25 bits per heavy atom. The molecule has 0 heterocycles. The van der Waals surface area contributed by atoms with Crippen LogP contribution in [-0.4, -0.2) is 17.7 Å². The van der Waals surface area contributed by atoms with E-state index in [4.69, 9.17) is 16.3 Å². The highest BCUT2D eigenvalue weighted by Gasteiger charge is 2.40. The van der Waals surface area contributed by atoms with Crippen molar-refractivity contribution in [2.24, 2.45) is 11.8 Å². The van der Waals surface area contributed by atoms with Crippen LogP contribution in [0.3, 0.4) is 0 Å². The Labute approximate surface area is 191 Å². The summed E-state index contributed by atoms with van der Waals surface area (Å²) in [5.74, 6) is -0.00118. The minimum absolute atomic E-state index is 0.118. The number of carboxylic acid groups (broad SMARTS) is 1. The number of aliphatic carboxylic acids is 1. The third-order valence-electron chi connectivity index (χ3n) is 6.06. The second-order valence-electron chi connectivity index (χ2n) is 9.00. The van der Waals surface area contributed by atoms with Gasteiger partial charge in [0.15, 0.2) is 0 Å². The molecule has 2 aromatic carbocycles. The topological polar surface area (TPSA) is 46.5 Å². The van der Waals surface area contributed by atoms with Crippen LogP contribution in [0, 0.1) is 11.8 Å². The van der Waals surface area contributed by atoms with Gasteiger partial charge in [0.1, 0.15) is 5.75 Å². The van der Waals surface area contributed by atoms with Gasteiger partial charge in [-0.2, -0.15) is 13.2 Å². The molecule has 0 amide bonds. The third kappa shape index (κ3) is 5.22. The first kappa shape index (κ1) is 24.4. The Morgan fingerprint density at radius 2 is 1.78 bits per heavy atom. The summed E-state index contributed by atoms with van der Waals surface area (Å²) in [6.07, 6.45) is -1.53. The Bertz CT molecular complexity index is 966. The van der Waals surface area contributed by atoms with Gasteiger partial charge >= 0.3 is 12.1 Å². The van der Waals surface area contributed by atoms with Gasteiger partial charge in [0, 0.05) is 5.56 Å². The molecular formula is C25H28ClF3O3. The van der Waals surface area contributed by atoms with Crippen molar-refractivity contribution in [3.63, 3.8) is 0 Å². The number of hydrogen-bond acceptors (Lipinski definition) is 2. The monoisotopic (exact) mass is 468 g/mol. The summed E-state index contributed by atoms with van der Waals surface area (Å²) in [7, 11) is 0. The Hall–Kier alpha value is -2.21. The molecule has 1 aliphatic rings. The molecule has 1 unspecified atom stereocenters. The van der Waals surface area contributed by atoms with Crippen molar-refractivity contribution in [2.75, 3.05) is 6.61 Å². The largest absolute Gasteiger partial charge is 0.492 e. The summed E-state index contributed by atoms with van der Waals surface area (Å²) in [6.45, 7) is 6.23. The zero-order chi connectivity index (χ0) is 23.7. The van der Waals surface area contributed by atoms with E-state index in [1.807, 2.05) is 20.8 Å². The number of carbonyl (C=O) groups is 1. The maximum Gasteiger partial charge on any atom is 0.416 e. The molecule has 1 aliphatic carbocycles. The van der Waals surface area contributed by atoms with Gasteiger partial charge in [-0.25, -0.2) is 0 Å². The first-order valence-corrected chi connectivity index (χ1v) is 11.2. The van der Waals surface area contributed by atoms with Crippen LogP contribution in [0.15, 0.2) is 36.4 Å². The fourth-order valence-corrected chi connectivity index (χ4v) is 4.32. The van der Waals surface area contributed by atoms with E-state index in [1.165, 1.54) is 12.1 Å². The van der Waals surface area contributed by atoms with E-state index in [-0.39, 0.29) is 10.9 Å². The second kappa shape index (κ2) is 9.34. The molecule has 1 atom stereocenters. The van der Waals surface area contributed by atoms with Crippen LogP contribution in [0.1, 0.15) is 57.6 Å². The van der Waals surface area contributed by atoms with Crippen molar-refractivity contribution in [3.05, 3.63) is 52.5 Å². The van der Waals surface area contributed by atoms with Crippen LogP contribution in [0.4, 0.5) is 13.2 Å². The maximum atomic E-state index is 13.0. The lowest BCUT2D eigenvalue weighted by molar-refractivity contribution is -0.145. The molecule has 0 aliphatic heterocycles. The predicted molar refractivity (Wildman–Crippen MR) is 119 cm³/mol. The number of hydrogen-bond donors (Lipinski definition) is 1. The third-order valence-corrected chi connectivity index (χ3v) is 6.45. The molecule has 0 spiro atoms. The molecule has 1 saturated carbocycles. The van der Waals surface area contributed by atoms with Gasteiger partial charge in [-0.15, -0.1) is 0 Å². The highest BCUT2D eigenvalue weighted by Crippen LogP contribution is 2.44. The number of halogens is 4. The fourth-order valence-electron chi connectivity index (χ4n) is 4.05. The van der Waals surface area contributed by atoms with Crippen molar-refractivity contribution in [1.82, 2.24) is 0 Å². The fraction of sp³-hybridized carbons (Fsp3) is 0.480. The molecule has 0 saturated heterocycles. The lowest BCUT2D eigenvalue weighted by atomic mass is 9.72. The predicted octanol–water partition coefficient (Wildman–Crippen LogP) is 7.59. The molecule has 3 rings (SSSR count). The van der Waals surface area contributed by atoms with E-state index < -0.39 is 23.1 Å². The molecule has 3 nitrogen and oxygen atoms in total. The van der Waals surface area contributed by atoms with Gasteiger partial charge in [0.25, 0.3) is 0 Å². The summed E-state index contributed by atoms with van der Waals surface area (Å²) < 4.78 is 45.0. The summed E-state index contributed by atoms with van der Waals surface area (Å²) in [5, 5.41) is 10.5. The highest BCUT2D eigenvalue weighted by atomic mass is 35.5. The zero-order valence-corrected chi connectivity index (χ0v) is 19.2. The molecule has 1 N–H and O–H groups in total. The van der Waals surface area contributed by atoms with Gasteiger partial charge < -0.3 is 9.84 Å². The van der Waals surface area contributed by atoms with Gasteiger partial charge in [-0.05, 0) is 72.9 Å². The minimum Gasteiger partial charge on any atom is -0.492 e. The van der Waals surface area contributed by atoms with E-state index in [1.54, 1.807) is 12.1 Å². The van der Waals surface area contributed by atoms with Gasteiger partial charge in [-0.3, -0.25) is 4.79 Å². The van der Waals surface area contributed by atoms with Crippen LogP contribution in [0.5, 0.6) is 5.75 Å². The van der Waals surface area contributed by atoms with E-state index >= 15 is 0 Å². The van der Waals surface area contributed by atoms with E-state index in [0.717, 1.165) is 25.0 Å². The lowest BCUT2D eigenvalue weighted by Crippen LogP contribution is -2.36. The van der Waals surface area contributed by atoms with Crippen LogP contribution in [0.2, 0.25) is 5.02 Å². The summed E-state index contributed by atoms with van der Waals surface area (Å²) in [4.78, 5) is 12.5. The molecule has 7 heteroatoms. The van der Waals surface area contributed by atoms with Crippen LogP contribution < -0.4 is 4.74 Å². The number of benzene rings is 2. The summed E-state index contributed by atoms with van der Waals surface area (Å²) >= 11 is 6.63. The molecule has 2 aromatic rings. The lowest BCUT2D eigenvalue weighted by Gasteiger charge is -2.32. The van der Waals surface area contributed by atoms with Crippen molar-refractivity contribution in [2.45, 2.75) is 58.0 Å². The van der Waals surface area contributed by atoms with Crippen LogP contribution in [-0.2, 0) is 16.4 Å². The van der Waals surface area contributed by atoms with E-state index in [0.29, 0.717) is 47.8 Å². The average molecular weight is 469 g/mol. The molecule has 0 radical (unpaired) electrons. The molecule has 0 aromatic heterocycles. The van der Waals surface area contributed by atoms with Crippen molar-refractivity contribution < 1.29 is 27.8 Å². The quantitative estimate of drug-likeness (QED) is 0.412.